The maximum absolute atomic E-state index is 11.6. The summed E-state index contributed by atoms with van der Waals surface area (Å²) in [5, 5.41) is 9.56. The van der Waals surface area contributed by atoms with Crippen LogP contribution >= 0.6 is 47.0 Å². The Labute approximate surface area is 112 Å². The van der Waals surface area contributed by atoms with E-state index in [1.807, 2.05) is 23.5 Å². The summed E-state index contributed by atoms with van der Waals surface area (Å²) in [7, 11) is 0. The zero-order chi connectivity index (χ0) is 11.8. The van der Waals surface area contributed by atoms with E-state index in [1.54, 1.807) is 23.5 Å². The highest BCUT2D eigenvalue weighted by atomic mass is 32.3. The van der Waals surface area contributed by atoms with Crippen molar-refractivity contribution in [3.05, 3.63) is 0 Å². The number of hydrogen-bond donors (Lipinski definition) is 1. The highest BCUT2D eigenvalue weighted by Gasteiger charge is 2.69. The Morgan fingerprint density at radius 2 is 1.38 bits per heavy atom. The quantitative estimate of drug-likeness (QED) is 0.795. The van der Waals surface area contributed by atoms with Gasteiger partial charge in [-0.25, -0.2) is 4.79 Å². The molecule has 2 unspecified atom stereocenters. The Kier molecular flexibility index (Phi) is 2.28. The van der Waals surface area contributed by atoms with Gasteiger partial charge in [0.2, 0.25) is 0 Å². The molecule has 0 aromatic carbocycles. The van der Waals surface area contributed by atoms with E-state index in [-0.39, 0.29) is 12.2 Å². The van der Waals surface area contributed by atoms with Gasteiger partial charge in [-0.15, -0.1) is 47.0 Å². The first kappa shape index (κ1) is 11.9. The van der Waals surface area contributed by atoms with Gasteiger partial charge in [0.25, 0.3) is 0 Å². The largest absolute Gasteiger partial charge is 0.480 e. The third-order valence-electron chi connectivity index (χ3n) is 3.15. The molecule has 16 heavy (non-hydrogen) atoms. The number of rotatable bonds is 1. The monoisotopic (exact) mass is 294 g/mol. The van der Waals surface area contributed by atoms with E-state index in [0.29, 0.717) is 0 Å². The maximum atomic E-state index is 11.6. The molecule has 0 amide bonds. The van der Waals surface area contributed by atoms with E-state index in [4.69, 9.17) is 0 Å². The summed E-state index contributed by atoms with van der Waals surface area (Å²) < 4.78 is -0.364. The second-order valence-corrected chi connectivity index (χ2v) is 13.9. The molecule has 4 bridgehead atoms. The average molecular weight is 294 g/mol. The van der Waals surface area contributed by atoms with Gasteiger partial charge in [0, 0.05) is 6.42 Å². The van der Waals surface area contributed by atoms with E-state index >= 15 is 0 Å². The molecule has 4 heterocycles. The van der Waals surface area contributed by atoms with E-state index in [0.717, 1.165) is 12.8 Å². The molecule has 4 aliphatic rings. The lowest BCUT2D eigenvalue weighted by molar-refractivity contribution is -0.137. The van der Waals surface area contributed by atoms with Crippen LogP contribution in [0.2, 0.25) is 0 Å². The molecule has 0 saturated carbocycles. The molecule has 4 rings (SSSR count). The van der Waals surface area contributed by atoms with Gasteiger partial charge in [-0.1, -0.05) is 0 Å². The van der Waals surface area contributed by atoms with Crippen LogP contribution in [0, 0.1) is 0 Å². The van der Waals surface area contributed by atoms with Crippen LogP contribution in [0.5, 0.6) is 0 Å². The lowest BCUT2D eigenvalue weighted by atomic mass is 10.2. The summed E-state index contributed by atoms with van der Waals surface area (Å²) in [5.41, 5.74) is 0. The molecule has 4 saturated heterocycles. The molecule has 4 aliphatic heterocycles. The lowest BCUT2D eigenvalue weighted by Crippen LogP contribution is -2.60. The molecule has 0 aliphatic carbocycles. The second-order valence-electron chi connectivity index (χ2n) is 5.22. The number of carbonyl (C=O) groups is 1. The Hall–Kier alpha value is 0.870. The fourth-order valence-corrected chi connectivity index (χ4v) is 15.5. The molecular formula is C10H14O2S4. The molecule has 0 radical (unpaired) electrons. The van der Waals surface area contributed by atoms with Crippen LogP contribution in [0.15, 0.2) is 0 Å². The first-order chi connectivity index (χ1) is 7.19. The van der Waals surface area contributed by atoms with Crippen molar-refractivity contribution in [1.82, 2.24) is 0 Å². The molecule has 2 atom stereocenters. The SMILES string of the molecule is CC12CC3(C(=O)O)SC(C)(CC(C)(S1)S3)S2. The zero-order valence-corrected chi connectivity index (χ0v) is 12.7. The van der Waals surface area contributed by atoms with Crippen LogP contribution in [0.3, 0.4) is 0 Å². The van der Waals surface area contributed by atoms with Crippen molar-refractivity contribution in [3.8, 4) is 0 Å². The Bertz CT molecular complexity index is 329. The summed E-state index contributed by atoms with van der Waals surface area (Å²) in [6.45, 7) is 6.65. The van der Waals surface area contributed by atoms with Crippen molar-refractivity contribution < 1.29 is 9.90 Å². The Balaban J connectivity index is 2.11. The predicted molar refractivity (Wildman–Crippen MR) is 75.2 cm³/mol. The minimum Gasteiger partial charge on any atom is -0.480 e. The van der Waals surface area contributed by atoms with Crippen molar-refractivity contribution in [2.24, 2.45) is 0 Å². The molecule has 2 nitrogen and oxygen atoms in total. The average Bonchev–Trinajstić information content (AvgIpc) is 1.92. The van der Waals surface area contributed by atoms with Gasteiger partial charge in [0.05, 0.1) is 12.2 Å². The maximum Gasteiger partial charge on any atom is 0.330 e. The lowest BCUT2D eigenvalue weighted by Gasteiger charge is -2.64. The van der Waals surface area contributed by atoms with Gasteiger partial charge in [-0.05, 0) is 27.2 Å². The van der Waals surface area contributed by atoms with Crippen LogP contribution < -0.4 is 0 Å². The fourth-order valence-electron chi connectivity index (χ4n) is 3.15. The van der Waals surface area contributed by atoms with Crippen LogP contribution in [0.25, 0.3) is 0 Å². The molecule has 0 spiro atoms. The van der Waals surface area contributed by atoms with Crippen LogP contribution in [0.1, 0.15) is 33.6 Å². The van der Waals surface area contributed by atoms with E-state index < -0.39 is 10.0 Å². The Morgan fingerprint density at radius 3 is 1.75 bits per heavy atom. The number of aliphatic carboxylic acids is 1. The second kappa shape index (κ2) is 3.06. The summed E-state index contributed by atoms with van der Waals surface area (Å²) in [6, 6.07) is 0. The number of hydrogen-bond acceptors (Lipinski definition) is 5. The van der Waals surface area contributed by atoms with E-state index in [1.165, 1.54) is 0 Å². The van der Waals surface area contributed by atoms with E-state index in [9.17, 15) is 9.90 Å². The van der Waals surface area contributed by atoms with Gasteiger partial charge in [0.15, 0.2) is 4.08 Å². The minimum absolute atomic E-state index is 0.0800. The summed E-state index contributed by atoms with van der Waals surface area (Å²) in [6.07, 6.45) is 1.86. The molecule has 0 aromatic heterocycles. The van der Waals surface area contributed by atoms with Gasteiger partial charge < -0.3 is 5.11 Å². The number of thioether (sulfide) groups is 4. The zero-order valence-electron chi connectivity index (χ0n) is 9.40. The Morgan fingerprint density at radius 1 is 0.938 bits per heavy atom. The normalized spacial score (nSPS) is 58.9. The molecule has 0 aromatic rings. The molecule has 1 N–H and O–H groups in total. The van der Waals surface area contributed by atoms with Gasteiger partial charge in [-0.2, -0.15) is 0 Å². The van der Waals surface area contributed by atoms with Crippen LogP contribution in [0.4, 0.5) is 0 Å². The highest BCUT2D eigenvalue weighted by Crippen LogP contribution is 2.80. The van der Waals surface area contributed by atoms with E-state index in [2.05, 4.69) is 20.8 Å². The third kappa shape index (κ3) is 1.56. The van der Waals surface area contributed by atoms with Crippen molar-refractivity contribution in [1.29, 1.82) is 0 Å². The number of carboxylic acids is 1. The van der Waals surface area contributed by atoms with Crippen LogP contribution in [-0.2, 0) is 4.79 Å². The topological polar surface area (TPSA) is 37.3 Å². The molecule has 4 fully saturated rings. The van der Waals surface area contributed by atoms with Crippen molar-refractivity contribution in [3.63, 3.8) is 0 Å². The van der Waals surface area contributed by atoms with Crippen molar-refractivity contribution in [2.75, 3.05) is 0 Å². The first-order valence-corrected chi connectivity index (χ1v) is 8.49. The molecular weight excluding hydrogens is 280 g/mol. The van der Waals surface area contributed by atoms with Gasteiger partial charge >= 0.3 is 5.97 Å². The summed E-state index contributed by atoms with van der Waals surface area (Å²) in [5.74, 6) is -0.633. The smallest absolute Gasteiger partial charge is 0.330 e. The highest BCUT2D eigenvalue weighted by molar-refractivity contribution is 8.38. The van der Waals surface area contributed by atoms with Crippen LogP contribution in [-0.4, -0.2) is 27.4 Å². The first-order valence-electron chi connectivity index (χ1n) is 5.22. The van der Waals surface area contributed by atoms with Crippen molar-refractivity contribution >= 4 is 53.0 Å². The third-order valence-corrected chi connectivity index (χ3v) is 9.90. The minimum atomic E-state index is -0.633. The molecule has 6 heteroatoms. The number of carboxylic acid groups (broad SMARTS) is 1. The summed E-state index contributed by atoms with van der Waals surface area (Å²) in [4.78, 5) is 11.6. The standard InChI is InChI=1S/C10H14O2S4/c1-7-4-8(2)14-9(3,13-7)5-10(15-7,16-8)6(11)12/h4-5H2,1-3H3,(H,11,12). The van der Waals surface area contributed by atoms with Gasteiger partial charge in [0.1, 0.15) is 0 Å². The predicted octanol–water partition coefficient (Wildman–Crippen LogP) is 3.67. The van der Waals surface area contributed by atoms with Crippen molar-refractivity contribution in [2.45, 2.75) is 49.9 Å². The van der Waals surface area contributed by atoms with Gasteiger partial charge in [-0.3, -0.25) is 0 Å². The fraction of sp³-hybridized carbons (Fsp3) is 0.900. The summed E-state index contributed by atoms with van der Waals surface area (Å²) >= 11 is 7.30. The molecule has 90 valence electrons.